The largest absolute Gasteiger partial charge is 0.471 e. The molecule has 7 nitrogen and oxygen atoms in total. The van der Waals surface area contributed by atoms with Gasteiger partial charge in [0.15, 0.2) is 0 Å². The van der Waals surface area contributed by atoms with Gasteiger partial charge in [-0.15, -0.1) is 0 Å². The SMILES string of the molecule is Cc1cc(-c2noc(C(F)(F)F)n2)ccc1NC(=O)C(=O)N(C)C. The van der Waals surface area contributed by atoms with Crippen molar-refractivity contribution in [2.24, 2.45) is 0 Å². The number of benzene rings is 1. The first-order chi connectivity index (χ1) is 11.1. The van der Waals surface area contributed by atoms with Gasteiger partial charge >= 0.3 is 23.9 Å². The van der Waals surface area contributed by atoms with Crippen molar-refractivity contribution in [2.75, 3.05) is 19.4 Å². The number of alkyl halides is 3. The Bertz CT molecular complexity index is 784. The van der Waals surface area contributed by atoms with Crippen molar-refractivity contribution in [1.82, 2.24) is 15.0 Å². The molecule has 2 aromatic rings. The normalized spacial score (nSPS) is 11.2. The Hall–Kier alpha value is -2.91. The van der Waals surface area contributed by atoms with Gasteiger partial charge in [-0.3, -0.25) is 9.59 Å². The number of halogens is 3. The third-order valence-corrected chi connectivity index (χ3v) is 3.00. The summed E-state index contributed by atoms with van der Waals surface area (Å²) >= 11 is 0. The molecule has 0 radical (unpaired) electrons. The van der Waals surface area contributed by atoms with E-state index in [4.69, 9.17) is 0 Å². The third kappa shape index (κ3) is 3.70. The number of nitrogens with zero attached hydrogens (tertiary/aromatic N) is 3. The molecule has 0 fully saturated rings. The van der Waals surface area contributed by atoms with Crippen molar-refractivity contribution in [3.05, 3.63) is 29.7 Å². The Morgan fingerprint density at radius 2 is 1.92 bits per heavy atom. The summed E-state index contributed by atoms with van der Waals surface area (Å²) in [4.78, 5) is 27.6. The fraction of sp³-hybridized carbons (Fsp3) is 0.286. The minimum atomic E-state index is -4.72. The standard InChI is InChI=1S/C14H13F3N4O3/c1-7-6-8(10-19-13(24-20-10)14(15,16)17)4-5-9(7)18-11(22)12(23)21(2)3/h4-6H,1-3H3,(H,18,22). The van der Waals surface area contributed by atoms with Gasteiger partial charge in [0, 0.05) is 25.3 Å². The summed E-state index contributed by atoms with van der Waals surface area (Å²) in [5, 5.41) is 5.71. The van der Waals surface area contributed by atoms with E-state index in [9.17, 15) is 22.8 Å². The average Bonchev–Trinajstić information content (AvgIpc) is 2.98. The van der Waals surface area contributed by atoms with Gasteiger partial charge < -0.3 is 14.7 Å². The Kier molecular flexibility index (Phi) is 4.58. The van der Waals surface area contributed by atoms with Gasteiger partial charge in [-0.25, -0.2) is 0 Å². The van der Waals surface area contributed by atoms with Gasteiger partial charge in [0.2, 0.25) is 5.82 Å². The number of carbonyl (C=O) groups is 2. The van der Waals surface area contributed by atoms with Gasteiger partial charge in [-0.1, -0.05) is 5.16 Å². The Labute approximate surface area is 134 Å². The summed E-state index contributed by atoms with van der Waals surface area (Å²) in [6, 6.07) is 4.32. The van der Waals surface area contributed by atoms with E-state index >= 15 is 0 Å². The summed E-state index contributed by atoms with van der Waals surface area (Å²) in [5.74, 6) is -3.22. The molecule has 1 N–H and O–H groups in total. The topological polar surface area (TPSA) is 88.3 Å². The van der Waals surface area contributed by atoms with Gasteiger partial charge in [-0.2, -0.15) is 18.2 Å². The number of amides is 2. The highest BCUT2D eigenvalue weighted by Crippen LogP contribution is 2.30. The number of aryl methyl sites for hydroxylation is 1. The lowest BCUT2D eigenvalue weighted by atomic mass is 10.1. The highest BCUT2D eigenvalue weighted by Gasteiger charge is 2.38. The van der Waals surface area contributed by atoms with Crippen LogP contribution in [0.1, 0.15) is 11.5 Å². The number of hydrogen-bond acceptors (Lipinski definition) is 5. The third-order valence-electron chi connectivity index (χ3n) is 3.00. The smallest absolute Gasteiger partial charge is 0.341 e. The van der Waals surface area contributed by atoms with Gasteiger partial charge in [0.05, 0.1) is 0 Å². The summed E-state index contributed by atoms with van der Waals surface area (Å²) < 4.78 is 41.6. The summed E-state index contributed by atoms with van der Waals surface area (Å²) in [6.45, 7) is 1.62. The van der Waals surface area contributed by atoms with Crippen molar-refractivity contribution >= 4 is 17.5 Å². The molecule has 2 rings (SSSR count). The number of likely N-dealkylation sites (N-methyl/N-ethyl adjacent to an activating group) is 1. The molecular weight excluding hydrogens is 329 g/mol. The molecule has 0 saturated heterocycles. The maximum Gasteiger partial charge on any atom is 0.471 e. The van der Waals surface area contributed by atoms with E-state index in [2.05, 4.69) is 20.0 Å². The van der Waals surface area contributed by atoms with Gasteiger partial charge in [0.25, 0.3) is 0 Å². The van der Waals surface area contributed by atoms with E-state index in [0.29, 0.717) is 11.3 Å². The average molecular weight is 342 g/mol. The fourth-order valence-electron chi connectivity index (χ4n) is 1.78. The minimum absolute atomic E-state index is 0.229. The van der Waals surface area contributed by atoms with Crippen LogP contribution in [-0.2, 0) is 15.8 Å². The van der Waals surface area contributed by atoms with Crippen LogP contribution in [0.25, 0.3) is 11.4 Å². The first kappa shape index (κ1) is 17.4. The van der Waals surface area contributed by atoms with Crippen molar-refractivity contribution in [3.63, 3.8) is 0 Å². The van der Waals surface area contributed by atoms with Crippen LogP contribution < -0.4 is 5.32 Å². The fourth-order valence-corrected chi connectivity index (χ4v) is 1.78. The molecule has 1 aromatic heterocycles. The minimum Gasteiger partial charge on any atom is -0.341 e. The van der Waals surface area contributed by atoms with E-state index in [1.807, 2.05) is 0 Å². The monoisotopic (exact) mass is 342 g/mol. The molecule has 0 bridgehead atoms. The summed E-state index contributed by atoms with van der Waals surface area (Å²) in [6.07, 6.45) is -4.72. The number of rotatable bonds is 2. The molecule has 24 heavy (non-hydrogen) atoms. The van der Waals surface area contributed by atoms with Crippen molar-refractivity contribution in [3.8, 4) is 11.4 Å². The van der Waals surface area contributed by atoms with E-state index in [0.717, 1.165) is 4.90 Å². The van der Waals surface area contributed by atoms with Crippen LogP contribution in [0.4, 0.5) is 18.9 Å². The molecule has 0 aliphatic heterocycles. The first-order valence-electron chi connectivity index (χ1n) is 6.64. The maximum absolute atomic E-state index is 12.5. The molecule has 1 heterocycles. The lowest BCUT2D eigenvalue weighted by Crippen LogP contribution is -2.34. The number of anilines is 1. The zero-order chi connectivity index (χ0) is 18.1. The van der Waals surface area contributed by atoms with E-state index in [-0.39, 0.29) is 11.4 Å². The van der Waals surface area contributed by atoms with Crippen molar-refractivity contribution in [2.45, 2.75) is 13.1 Å². The number of aromatic nitrogens is 2. The Morgan fingerprint density at radius 3 is 2.42 bits per heavy atom. The molecule has 128 valence electrons. The lowest BCUT2D eigenvalue weighted by Gasteiger charge is -2.12. The first-order valence-corrected chi connectivity index (χ1v) is 6.64. The zero-order valence-electron chi connectivity index (χ0n) is 12.9. The number of nitrogens with one attached hydrogen (secondary N) is 1. The molecular formula is C14H13F3N4O3. The van der Waals surface area contributed by atoms with Crippen LogP contribution in [0.2, 0.25) is 0 Å². The molecule has 0 aliphatic rings. The molecule has 0 unspecified atom stereocenters. The molecule has 0 aliphatic carbocycles. The molecule has 0 atom stereocenters. The molecule has 0 spiro atoms. The highest BCUT2D eigenvalue weighted by molar-refractivity contribution is 6.39. The zero-order valence-corrected chi connectivity index (χ0v) is 12.9. The second kappa shape index (κ2) is 6.30. The highest BCUT2D eigenvalue weighted by atomic mass is 19.4. The number of carbonyl (C=O) groups excluding carboxylic acids is 2. The number of hydrogen-bond donors (Lipinski definition) is 1. The van der Waals surface area contributed by atoms with Gasteiger partial charge in [0.1, 0.15) is 0 Å². The predicted molar refractivity (Wildman–Crippen MR) is 76.8 cm³/mol. The molecule has 2 amide bonds. The van der Waals surface area contributed by atoms with Crippen LogP contribution in [0, 0.1) is 6.92 Å². The van der Waals surface area contributed by atoms with Crippen molar-refractivity contribution < 1.29 is 27.3 Å². The quantitative estimate of drug-likeness (QED) is 0.844. The lowest BCUT2D eigenvalue weighted by molar-refractivity contribution is -0.159. The van der Waals surface area contributed by atoms with Crippen LogP contribution in [0.5, 0.6) is 0 Å². The van der Waals surface area contributed by atoms with Crippen LogP contribution >= 0.6 is 0 Å². The second-order valence-electron chi connectivity index (χ2n) is 5.10. The molecule has 0 saturated carbocycles. The van der Waals surface area contributed by atoms with Gasteiger partial charge in [-0.05, 0) is 30.7 Å². The predicted octanol–water partition coefficient (Wildman–Crippen LogP) is 2.09. The summed E-state index contributed by atoms with van der Waals surface area (Å²) in [7, 11) is 2.87. The maximum atomic E-state index is 12.5. The van der Waals surface area contributed by atoms with E-state index in [1.165, 1.54) is 32.3 Å². The second-order valence-corrected chi connectivity index (χ2v) is 5.10. The van der Waals surface area contributed by atoms with E-state index in [1.54, 1.807) is 6.92 Å². The van der Waals surface area contributed by atoms with Crippen molar-refractivity contribution in [1.29, 1.82) is 0 Å². The summed E-state index contributed by atoms with van der Waals surface area (Å²) in [5.41, 5.74) is 1.15. The molecule has 10 heteroatoms. The van der Waals surface area contributed by atoms with E-state index < -0.39 is 23.9 Å². The molecule has 1 aromatic carbocycles. The Balaban J connectivity index is 2.22. The Morgan fingerprint density at radius 1 is 1.25 bits per heavy atom. The van der Waals surface area contributed by atoms with Crippen LogP contribution in [0.3, 0.4) is 0 Å². The van der Waals surface area contributed by atoms with Crippen LogP contribution in [-0.4, -0.2) is 41.0 Å². The van der Waals surface area contributed by atoms with Crippen LogP contribution in [0.15, 0.2) is 22.7 Å².